The predicted octanol–water partition coefficient (Wildman–Crippen LogP) is 1.62. The highest BCUT2D eigenvalue weighted by atomic mass is 16.5. The first-order valence-corrected chi connectivity index (χ1v) is 9.48. The summed E-state index contributed by atoms with van der Waals surface area (Å²) >= 11 is 0. The van der Waals surface area contributed by atoms with Crippen molar-refractivity contribution >= 4 is 11.6 Å². The van der Waals surface area contributed by atoms with E-state index in [0.29, 0.717) is 30.4 Å². The summed E-state index contributed by atoms with van der Waals surface area (Å²) in [5.74, 6) is 0.732. The van der Waals surface area contributed by atoms with Crippen LogP contribution in [0.2, 0.25) is 0 Å². The second-order valence-electron chi connectivity index (χ2n) is 6.80. The molecule has 28 heavy (non-hydrogen) atoms. The van der Waals surface area contributed by atoms with Gasteiger partial charge < -0.3 is 24.0 Å². The topological polar surface area (TPSA) is 77.0 Å². The molecule has 2 fully saturated rings. The number of hydrogen-bond acceptors (Lipinski definition) is 7. The lowest BCUT2D eigenvalue weighted by atomic mass is 10.1. The molecule has 0 radical (unpaired) electrons. The first kappa shape index (κ1) is 18.5. The van der Waals surface area contributed by atoms with Gasteiger partial charge in [0, 0.05) is 49.7 Å². The van der Waals surface area contributed by atoms with Gasteiger partial charge in [-0.1, -0.05) is 0 Å². The number of rotatable bonds is 5. The number of amides is 1. The van der Waals surface area contributed by atoms with Crippen LogP contribution in [0.15, 0.2) is 36.7 Å². The summed E-state index contributed by atoms with van der Waals surface area (Å²) in [6.45, 7) is 4.41. The van der Waals surface area contributed by atoms with Gasteiger partial charge in [-0.2, -0.15) is 0 Å². The average Bonchev–Trinajstić information content (AvgIpc) is 3.23. The minimum atomic E-state index is -0.123. The van der Waals surface area contributed by atoms with E-state index in [2.05, 4.69) is 14.9 Å². The molecule has 0 saturated carbocycles. The van der Waals surface area contributed by atoms with E-state index >= 15 is 0 Å². The van der Waals surface area contributed by atoms with Crippen LogP contribution in [0.3, 0.4) is 0 Å². The third-order valence-corrected chi connectivity index (χ3v) is 5.03. The highest BCUT2D eigenvalue weighted by Crippen LogP contribution is 2.25. The number of hydrogen-bond donors (Lipinski definition) is 0. The normalized spacial score (nSPS) is 19.5. The molecule has 2 aliphatic heterocycles. The molecular weight excluding hydrogens is 360 g/mol. The Kier molecular flexibility index (Phi) is 5.57. The van der Waals surface area contributed by atoms with Crippen LogP contribution in [0.5, 0.6) is 11.8 Å². The fourth-order valence-electron chi connectivity index (χ4n) is 3.52. The first-order chi connectivity index (χ1) is 13.7. The lowest BCUT2D eigenvalue weighted by molar-refractivity contribution is 0.0770. The van der Waals surface area contributed by atoms with Gasteiger partial charge in [-0.05, 0) is 24.3 Å². The molecule has 4 rings (SSSR count). The lowest BCUT2D eigenvalue weighted by Crippen LogP contribution is -2.36. The number of carbonyl (C=O) groups is 1. The van der Waals surface area contributed by atoms with E-state index in [1.165, 1.54) is 7.11 Å². The molecule has 2 aromatic rings. The number of morpholine rings is 1. The predicted molar refractivity (Wildman–Crippen MR) is 103 cm³/mol. The molecule has 1 aromatic carbocycles. The minimum Gasteiger partial charge on any atom is -0.477 e. The highest BCUT2D eigenvalue weighted by molar-refractivity contribution is 5.94. The van der Waals surface area contributed by atoms with E-state index in [1.807, 2.05) is 29.2 Å². The van der Waals surface area contributed by atoms with E-state index < -0.39 is 0 Å². The van der Waals surface area contributed by atoms with Crippen LogP contribution in [0.1, 0.15) is 16.8 Å². The molecule has 0 aliphatic carbocycles. The second kappa shape index (κ2) is 8.43. The van der Waals surface area contributed by atoms with Crippen LogP contribution in [0, 0.1) is 0 Å². The average molecular weight is 384 g/mol. The van der Waals surface area contributed by atoms with Crippen molar-refractivity contribution < 1.29 is 19.0 Å². The Hall–Kier alpha value is -2.87. The van der Waals surface area contributed by atoms with Crippen molar-refractivity contribution in [3.63, 3.8) is 0 Å². The molecule has 2 aliphatic rings. The van der Waals surface area contributed by atoms with Crippen LogP contribution in [0.25, 0.3) is 0 Å². The van der Waals surface area contributed by atoms with Crippen molar-refractivity contribution in [3.8, 4) is 11.8 Å². The van der Waals surface area contributed by atoms with Gasteiger partial charge in [0.25, 0.3) is 17.7 Å². The van der Waals surface area contributed by atoms with E-state index in [4.69, 9.17) is 14.2 Å². The summed E-state index contributed by atoms with van der Waals surface area (Å²) < 4.78 is 16.5. The number of ether oxygens (including phenoxy) is 3. The van der Waals surface area contributed by atoms with Crippen LogP contribution in [0.4, 0.5) is 5.69 Å². The summed E-state index contributed by atoms with van der Waals surface area (Å²) in [4.78, 5) is 25.2. The Morgan fingerprint density at radius 1 is 1.07 bits per heavy atom. The zero-order valence-electron chi connectivity index (χ0n) is 15.9. The number of carbonyl (C=O) groups excluding carboxylic acids is 1. The van der Waals surface area contributed by atoms with E-state index in [1.54, 1.807) is 12.4 Å². The van der Waals surface area contributed by atoms with Crippen molar-refractivity contribution in [3.05, 3.63) is 42.2 Å². The minimum absolute atomic E-state index is 0.0192. The Balaban J connectivity index is 1.36. The first-order valence-electron chi connectivity index (χ1n) is 9.48. The fraction of sp³-hybridized carbons (Fsp3) is 0.450. The van der Waals surface area contributed by atoms with Gasteiger partial charge in [-0.15, -0.1) is 0 Å². The van der Waals surface area contributed by atoms with Gasteiger partial charge in [-0.25, -0.2) is 9.97 Å². The Morgan fingerprint density at radius 2 is 1.79 bits per heavy atom. The molecule has 0 bridgehead atoms. The van der Waals surface area contributed by atoms with Gasteiger partial charge >= 0.3 is 0 Å². The van der Waals surface area contributed by atoms with E-state index in [9.17, 15) is 4.79 Å². The van der Waals surface area contributed by atoms with Gasteiger partial charge in [0.05, 0.1) is 26.9 Å². The monoisotopic (exact) mass is 384 g/mol. The molecule has 8 nitrogen and oxygen atoms in total. The number of nitrogens with zero attached hydrogens (tertiary/aromatic N) is 4. The third-order valence-electron chi connectivity index (χ3n) is 5.03. The van der Waals surface area contributed by atoms with E-state index in [0.717, 1.165) is 38.4 Å². The van der Waals surface area contributed by atoms with Crippen LogP contribution < -0.4 is 14.4 Å². The maximum Gasteiger partial charge on any atom is 0.278 e. The maximum atomic E-state index is 12.8. The number of aromatic nitrogens is 2. The second-order valence-corrected chi connectivity index (χ2v) is 6.80. The lowest BCUT2D eigenvalue weighted by Gasteiger charge is -2.29. The molecule has 0 spiro atoms. The fourth-order valence-corrected chi connectivity index (χ4v) is 3.52. The maximum absolute atomic E-state index is 12.8. The van der Waals surface area contributed by atoms with Gasteiger partial charge in [0.15, 0.2) is 0 Å². The van der Waals surface area contributed by atoms with Crippen molar-refractivity contribution in [2.75, 3.05) is 51.4 Å². The number of likely N-dealkylation sites (tertiary alicyclic amines) is 1. The zero-order chi connectivity index (χ0) is 19.3. The summed E-state index contributed by atoms with van der Waals surface area (Å²) in [7, 11) is 1.53. The van der Waals surface area contributed by atoms with Crippen molar-refractivity contribution in [1.29, 1.82) is 0 Å². The largest absolute Gasteiger partial charge is 0.477 e. The van der Waals surface area contributed by atoms with Crippen LogP contribution in [-0.2, 0) is 4.74 Å². The van der Waals surface area contributed by atoms with Crippen molar-refractivity contribution in [2.24, 2.45) is 0 Å². The quantitative estimate of drug-likeness (QED) is 0.775. The van der Waals surface area contributed by atoms with Crippen molar-refractivity contribution in [2.45, 2.75) is 12.5 Å². The molecule has 0 unspecified atom stereocenters. The Bertz CT molecular complexity index is 808. The number of anilines is 1. The Morgan fingerprint density at radius 3 is 2.50 bits per heavy atom. The summed E-state index contributed by atoms with van der Waals surface area (Å²) in [5, 5.41) is 0. The van der Waals surface area contributed by atoms with Gasteiger partial charge in [0.2, 0.25) is 0 Å². The highest BCUT2D eigenvalue weighted by Gasteiger charge is 2.29. The van der Waals surface area contributed by atoms with Crippen molar-refractivity contribution in [1.82, 2.24) is 14.9 Å². The molecule has 3 heterocycles. The number of methoxy groups -OCH3 is 1. The summed E-state index contributed by atoms with van der Waals surface area (Å²) in [5.41, 5.74) is 1.81. The van der Waals surface area contributed by atoms with Crippen LogP contribution in [-0.4, -0.2) is 73.4 Å². The van der Waals surface area contributed by atoms with Gasteiger partial charge in [0.1, 0.15) is 6.10 Å². The SMILES string of the molecule is COc1nccnc1O[C@@H]1CCN(C(=O)c2ccc(N3CCOCC3)cc2)C1. The standard InChI is InChI=1S/C20H24N4O4/c1-26-18-19(22-8-7-21-18)28-17-6-9-24(14-17)20(25)15-2-4-16(5-3-15)23-10-12-27-13-11-23/h2-5,7-8,17H,6,9-14H2,1H3/t17-/m1/s1. The summed E-state index contributed by atoms with van der Waals surface area (Å²) in [6, 6.07) is 7.81. The molecule has 1 amide bonds. The molecule has 1 atom stereocenters. The molecule has 1 aromatic heterocycles. The van der Waals surface area contributed by atoms with E-state index in [-0.39, 0.29) is 12.0 Å². The third kappa shape index (κ3) is 4.01. The zero-order valence-corrected chi connectivity index (χ0v) is 15.9. The molecular formula is C20H24N4O4. The van der Waals surface area contributed by atoms with Crippen LogP contribution >= 0.6 is 0 Å². The summed E-state index contributed by atoms with van der Waals surface area (Å²) in [6.07, 6.45) is 3.74. The smallest absolute Gasteiger partial charge is 0.278 e. The molecule has 0 N–H and O–H groups in total. The molecule has 8 heteroatoms. The molecule has 148 valence electrons. The number of benzene rings is 1. The Labute approximate surface area is 164 Å². The molecule has 2 saturated heterocycles. The van der Waals surface area contributed by atoms with Gasteiger partial charge in [-0.3, -0.25) is 4.79 Å².